The molecule has 4 rings (SSSR count). The highest BCUT2D eigenvalue weighted by Crippen LogP contribution is 2.42. The van der Waals surface area contributed by atoms with Crippen molar-refractivity contribution in [2.45, 2.75) is 42.4 Å². The van der Waals surface area contributed by atoms with Crippen molar-refractivity contribution >= 4 is 23.5 Å². The first-order valence-corrected chi connectivity index (χ1v) is 9.24. The molecule has 1 aliphatic heterocycles. The van der Waals surface area contributed by atoms with Crippen molar-refractivity contribution in [2.24, 2.45) is 14.1 Å². The number of aryl methyl sites for hydroxylation is 2. The van der Waals surface area contributed by atoms with Gasteiger partial charge in [-0.1, -0.05) is 13.8 Å². The molecule has 3 aromatic heterocycles. The molecule has 3 aromatic rings. The summed E-state index contributed by atoms with van der Waals surface area (Å²) in [5.74, 6) is 1.61. The minimum Gasteiger partial charge on any atom is -0.454 e. The van der Waals surface area contributed by atoms with Crippen molar-refractivity contribution in [3.05, 3.63) is 35.5 Å². The number of rotatable bonds is 4. The molecule has 0 saturated heterocycles. The Kier molecular flexibility index (Phi) is 4.10. The van der Waals surface area contributed by atoms with Gasteiger partial charge in [0, 0.05) is 26.1 Å². The first kappa shape index (κ1) is 16.9. The lowest BCUT2D eigenvalue weighted by Gasteiger charge is -2.23. The molecular weight excluding hydrogens is 352 g/mol. The lowest BCUT2D eigenvalue weighted by Crippen LogP contribution is -2.24. The van der Waals surface area contributed by atoms with Crippen LogP contribution in [0.4, 0.5) is 5.82 Å². The van der Waals surface area contributed by atoms with Gasteiger partial charge in [-0.25, -0.2) is 0 Å². The van der Waals surface area contributed by atoms with E-state index in [1.807, 2.05) is 30.8 Å². The third-order valence-electron chi connectivity index (χ3n) is 4.46. The number of hydrogen-bond donors (Lipinski definition) is 1. The molecule has 0 aromatic carbocycles. The summed E-state index contributed by atoms with van der Waals surface area (Å²) in [6.07, 6.45) is 1.99. The highest BCUT2D eigenvalue weighted by atomic mass is 32.2. The number of amides is 1. The summed E-state index contributed by atoms with van der Waals surface area (Å²) in [6.45, 7) is 4.21. The molecule has 1 amide bonds. The SMILES string of the molecule is CC(C)c1nn(C)c2c1C(c1ccc(Sc3nncn3C)o1)CC(=O)N2. The molecule has 1 atom stereocenters. The molecule has 0 aliphatic carbocycles. The topological polar surface area (TPSA) is 90.8 Å². The van der Waals surface area contributed by atoms with Gasteiger partial charge in [0.1, 0.15) is 17.9 Å². The molecule has 0 spiro atoms. The average molecular weight is 372 g/mol. The molecule has 0 fully saturated rings. The minimum absolute atomic E-state index is 0.0280. The maximum absolute atomic E-state index is 12.2. The number of aromatic nitrogens is 5. The van der Waals surface area contributed by atoms with E-state index in [2.05, 4.69) is 34.5 Å². The molecule has 1 unspecified atom stereocenters. The number of carbonyl (C=O) groups is 1. The lowest BCUT2D eigenvalue weighted by atomic mass is 9.87. The minimum atomic E-state index is -0.140. The number of nitrogens with one attached hydrogen (secondary N) is 1. The van der Waals surface area contributed by atoms with E-state index in [1.165, 1.54) is 11.8 Å². The van der Waals surface area contributed by atoms with Gasteiger partial charge in [-0.15, -0.1) is 10.2 Å². The van der Waals surface area contributed by atoms with E-state index in [-0.39, 0.29) is 17.7 Å². The van der Waals surface area contributed by atoms with Crippen molar-refractivity contribution in [1.29, 1.82) is 0 Å². The molecular formula is C17H20N6O2S. The second kappa shape index (κ2) is 6.31. The van der Waals surface area contributed by atoms with E-state index in [9.17, 15) is 4.79 Å². The van der Waals surface area contributed by atoms with Crippen LogP contribution in [0.5, 0.6) is 0 Å². The Balaban J connectivity index is 1.71. The quantitative estimate of drug-likeness (QED) is 0.757. The fraction of sp³-hybridized carbons (Fsp3) is 0.412. The zero-order valence-electron chi connectivity index (χ0n) is 15.1. The lowest BCUT2D eigenvalue weighted by molar-refractivity contribution is -0.116. The van der Waals surface area contributed by atoms with Crippen LogP contribution in [0.1, 0.15) is 49.1 Å². The van der Waals surface area contributed by atoms with Gasteiger partial charge in [0.05, 0.1) is 11.6 Å². The van der Waals surface area contributed by atoms with Gasteiger partial charge in [0.15, 0.2) is 10.2 Å². The van der Waals surface area contributed by atoms with Gasteiger partial charge in [-0.2, -0.15) is 5.10 Å². The van der Waals surface area contributed by atoms with Crippen molar-refractivity contribution in [3.63, 3.8) is 0 Å². The fourth-order valence-electron chi connectivity index (χ4n) is 3.22. The molecule has 4 heterocycles. The van der Waals surface area contributed by atoms with Crippen LogP contribution in [0.2, 0.25) is 0 Å². The Bertz CT molecular complexity index is 970. The Labute approximate surface area is 155 Å². The molecule has 9 heteroatoms. The molecule has 1 N–H and O–H groups in total. The Hall–Kier alpha value is -2.55. The van der Waals surface area contributed by atoms with Crippen molar-refractivity contribution in [1.82, 2.24) is 24.5 Å². The second-order valence-electron chi connectivity index (χ2n) is 6.71. The van der Waals surface area contributed by atoms with Crippen LogP contribution in [-0.2, 0) is 18.9 Å². The van der Waals surface area contributed by atoms with Gasteiger partial charge in [-0.05, 0) is 29.8 Å². The number of anilines is 1. The highest BCUT2D eigenvalue weighted by molar-refractivity contribution is 7.99. The normalized spacial score (nSPS) is 16.8. The standard InChI is InChI=1S/C17H20N6O2S/c1-9(2)15-14-10(7-12(24)19-16(14)23(4)21-15)11-5-6-13(25-11)26-17-20-18-8-22(17)3/h5-6,8-10H,7H2,1-4H3,(H,19,24). The summed E-state index contributed by atoms with van der Waals surface area (Å²) in [5.41, 5.74) is 2.04. The van der Waals surface area contributed by atoms with Crippen LogP contribution in [0, 0.1) is 0 Å². The smallest absolute Gasteiger partial charge is 0.226 e. The van der Waals surface area contributed by atoms with Crippen LogP contribution in [0.25, 0.3) is 0 Å². The first-order valence-electron chi connectivity index (χ1n) is 8.42. The molecule has 0 bridgehead atoms. The van der Waals surface area contributed by atoms with Crippen LogP contribution < -0.4 is 5.32 Å². The van der Waals surface area contributed by atoms with Crippen LogP contribution in [-0.4, -0.2) is 30.5 Å². The van der Waals surface area contributed by atoms with Crippen LogP contribution >= 0.6 is 11.8 Å². The summed E-state index contributed by atoms with van der Waals surface area (Å²) >= 11 is 1.40. The maximum atomic E-state index is 12.2. The zero-order valence-corrected chi connectivity index (χ0v) is 15.9. The Morgan fingerprint density at radius 2 is 2.15 bits per heavy atom. The van der Waals surface area contributed by atoms with E-state index in [0.717, 1.165) is 33.1 Å². The third-order valence-corrected chi connectivity index (χ3v) is 5.44. The fourth-order valence-corrected chi connectivity index (χ4v) is 3.96. The number of carbonyl (C=O) groups excluding carboxylic acids is 1. The molecule has 1 aliphatic rings. The van der Waals surface area contributed by atoms with Crippen molar-refractivity contribution < 1.29 is 9.21 Å². The van der Waals surface area contributed by atoms with Gasteiger partial charge in [0.2, 0.25) is 5.91 Å². The number of furan rings is 1. The van der Waals surface area contributed by atoms with E-state index >= 15 is 0 Å². The predicted octanol–water partition coefficient (Wildman–Crippen LogP) is 2.89. The molecule has 0 saturated carbocycles. The van der Waals surface area contributed by atoms with E-state index in [4.69, 9.17) is 4.42 Å². The van der Waals surface area contributed by atoms with Gasteiger partial charge < -0.3 is 14.3 Å². The largest absolute Gasteiger partial charge is 0.454 e. The van der Waals surface area contributed by atoms with E-state index < -0.39 is 0 Å². The molecule has 0 radical (unpaired) electrons. The maximum Gasteiger partial charge on any atom is 0.226 e. The summed E-state index contributed by atoms with van der Waals surface area (Å²) in [7, 11) is 3.74. The van der Waals surface area contributed by atoms with Gasteiger partial charge in [-0.3, -0.25) is 9.48 Å². The second-order valence-corrected chi connectivity index (χ2v) is 7.69. The van der Waals surface area contributed by atoms with Crippen LogP contribution in [0.3, 0.4) is 0 Å². The van der Waals surface area contributed by atoms with Gasteiger partial charge >= 0.3 is 0 Å². The number of nitrogens with zero attached hydrogens (tertiary/aromatic N) is 5. The zero-order chi connectivity index (χ0) is 18.4. The molecule has 26 heavy (non-hydrogen) atoms. The Morgan fingerprint density at radius 1 is 1.35 bits per heavy atom. The van der Waals surface area contributed by atoms with Crippen molar-refractivity contribution in [2.75, 3.05) is 5.32 Å². The Morgan fingerprint density at radius 3 is 2.85 bits per heavy atom. The van der Waals surface area contributed by atoms with Crippen molar-refractivity contribution in [3.8, 4) is 0 Å². The number of fused-ring (bicyclic) bond motifs is 1. The van der Waals surface area contributed by atoms with Gasteiger partial charge in [0.25, 0.3) is 0 Å². The van der Waals surface area contributed by atoms with E-state index in [1.54, 1.807) is 11.0 Å². The average Bonchev–Trinajstić information content (AvgIpc) is 3.29. The highest BCUT2D eigenvalue weighted by Gasteiger charge is 2.35. The summed E-state index contributed by atoms with van der Waals surface area (Å²) in [5, 5.41) is 17.0. The third kappa shape index (κ3) is 2.82. The van der Waals surface area contributed by atoms with E-state index in [0.29, 0.717) is 6.42 Å². The summed E-state index contributed by atoms with van der Waals surface area (Å²) < 4.78 is 9.64. The molecule has 8 nitrogen and oxygen atoms in total. The summed E-state index contributed by atoms with van der Waals surface area (Å²) in [6, 6.07) is 3.84. The van der Waals surface area contributed by atoms with Crippen LogP contribution in [0.15, 0.2) is 33.1 Å². The molecule has 136 valence electrons. The number of hydrogen-bond acceptors (Lipinski definition) is 6. The summed E-state index contributed by atoms with van der Waals surface area (Å²) in [4.78, 5) is 12.2. The first-order chi connectivity index (χ1) is 12.4. The predicted molar refractivity (Wildman–Crippen MR) is 96.2 cm³/mol. The monoisotopic (exact) mass is 372 g/mol.